The van der Waals surface area contributed by atoms with Crippen LogP contribution in [0.5, 0.6) is 0 Å². The zero-order chi connectivity index (χ0) is 17.5. The molecule has 0 bridgehead atoms. The molecule has 132 valence electrons. The summed E-state index contributed by atoms with van der Waals surface area (Å²) in [5, 5.41) is 13.0. The van der Waals surface area contributed by atoms with Crippen molar-refractivity contribution in [2.45, 2.75) is 38.3 Å². The summed E-state index contributed by atoms with van der Waals surface area (Å²) in [4.78, 5) is 17.4. The molecule has 1 aromatic carbocycles. The van der Waals surface area contributed by atoms with Crippen LogP contribution in [0.25, 0.3) is 0 Å². The molecule has 2 N–H and O–H groups in total. The Kier molecular flexibility index (Phi) is 5.88. The number of anilines is 1. The number of benzene rings is 1. The predicted molar refractivity (Wildman–Crippen MR) is 98.5 cm³/mol. The molecule has 1 amide bonds. The maximum absolute atomic E-state index is 11.6. The van der Waals surface area contributed by atoms with E-state index in [0.717, 1.165) is 37.1 Å². The molecule has 1 aliphatic carbocycles. The molecule has 5 heteroatoms. The summed E-state index contributed by atoms with van der Waals surface area (Å²) in [6, 6.07) is 16.1. The molecule has 0 aliphatic heterocycles. The summed E-state index contributed by atoms with van der Waals surface area (Å²) in [6.07, 6.45) is 5.16. The third-order valence-corrected chi connectivity index (χ3v) is 4.83. The minimum Gasteiger partial charge on any atom is -0.465 e. The van der Waals surface area contributed by atoms with Crippen LogP contribution in [0.3, 0.4) is 0 Å². The van der Waals surface area contributed by atoms with Crippen LogP contribution in [0.2, 0.25) is 0 Å². The van der Waals surface area contributed by atoms with Crippen molar-refractivity contribution < 1.29 is 9.90 Å². The summed E-state index contributed by atoms with van der Waals surface area (Å²) in [7, 11) is 0. The van der Waals surface area contributed by atoms with Gasteiger partial charge in [0.05, 0.1) is 0 Å². The maximum Gasteiger partial charge on any atom is 0.407 e. The Morgan fingerprint density at radius 3 is 2.44 bits per heavy atom. The van der Waals surface area contributed by atoms with Gasteiger partial charge in [0.2, 0.25) is 0 Å². The quantitative estimate of drug-likeness (QED) is 0.826. The molecular weight excluding hydrogens is 314 g/mol. The lowest BCUT2D eigenvalue weighted by Gasteiger charge is -2.32. The lowest BCUT2D eigenvalue weighted by Crippen LogP contribution is -2.36. The number of aromatic nitrogens is 1. The number of pyridine rings is 1. The third-order valence-electron chi connectivity index (χ3n) is 4.83. The Labute approximate surface area is 148 Å². The van der Waals surface area contributed by atoms with Crippen LogP contribution < -0.4 is 5.32 Å². The first-order valence-electron chi connectivity index (χ1n) is 8.90. The monoisotopic (exact) mass is 339 g/mol. The molecular formula is C20H25N3O2. The smallest absolute Gasteiger partial charge is 0.407 e. The molecule has 3 rings (SSSR count). The zero-order valence-corrected chi connectivity index (χ0v) is 14.3. The molecule has 25 heavy (non-hydrogen) atoms. The van der Waals surface area contributed by atoms with Gasteiger partial charge >= 0.3 is 6.09 Å². The molecule has 0 saturated heterocycles. The molecule has 0 unspecified atom stereocenters. The van der Waals surface area contributed by atoms with Gasteiger partial charge in [-0.3, -0.25) is 0 Å². The number of nitrogens with zero attached hydrogens (tertiary/aromatic N) is 2. The second-order valence-corrected chi connectivity index (χ2v) is 6.73. The Bertz CT molecular complexity index is 655. The number of hydrogen-bond donors (Lipinski definition) is 2. The third kappa shape index (κ3) is 5.21. The van der Waals surface area contributed by atoms with Crippen molar-refractivity contribution >= 4 is 11.9 Å². The highest BCUT2D eigenvalue weighted by molar-refractivity contribution is 5.65. The first-order valence-corrected chi connectivity index (χ1v) is 8.90. The van der Waals surface area contributed by atoms with Gasteiger partial charge in [0, 0.05) is 25.3 Å². The molecule has 1 fully saturated rings. The Morgan fingerprint density at radius 1 is 1.08 bits per heavy atom. The van der Waals surface area contributed by atoms with Crippen LogP contribution >= 0.6 is 0 Å². The lowest BCUT2D eigenvalue weighted by molar-refractivity contribution is 0.127. The second-order valence-electron chi connectivity index (χ2n) is 6.73. The Hall–Kier alpha value is -2.56. The van der Waals surface area contributed by atoms with E-state index in [4.69, 9.17) is 0 Å². The van der Waals surface area contributed by atoms with Crippen LogP contribution in [0, 0.1) is 5.92 Å². The minimum atomic E-state index is -0.836. The van der Waals surface area contributed by atoms with Gasteiger partial charge in [-0.2, -0.15) is 0 Å². The molecule has 0 radical (unpaired) electrons. The Balaban J connectivity index is 1.49. The number of hydrogen-bond acceptors (Lipinski definition) is 3. The van der Waals surface area contributed by atoms with E-state index >= 15 is 0 Å². The van der Waals surface area contributed by atoms with Gasteiger partial charge in [0.25, 0.3) is 0 Å². The molecule has 0 spiro atoms. The van der Waals surface area contributed by atoms with Crippen molar-refractivity contribution in [2.75, 3.05) is 11.9 Å². The van der Waals surface area contributed by atoms with Gasteiger partial charge in [0.1, 0.15) is 5.82 Å². The summed E-state index contributed by atoms with van der Waals surface area (Å²) >= 11 is 0. The molecule has 1 aromatic heterocycles. The van der Waals surface area contributed by atoms with Crippen molar-refractivity contribution in [3.63, 3.8) is 0 Å². The fraction of sp³-hybridized carbons (Fsp3) is 0.400. The van der Waals surface area contributed by atoms with Gasteiger partial charge in [-0.1, -0.05) is 36.4 Å². The highest BCUT2D eigenvalue weighted by atomic mass is 16.4. The second kappa shape index (κ2) is 8.51. The molecule has 1 saturated carbocycles. The van der Waals surface area contributed by atoms with E-state index in [-0.39, 0.29) is 0 Å². The normalized spacial score (nSPS) is 20.0. The maximum atomic E-state index is 11.6. The lowest BCUT2D eigenvalue weighted by atomic mass is 9.85. The van der Waals surface area contributed by atoms with Crippen LogP contribution in [0.4, 0.5) is 10.6 Å². The topological polar surface area (TPSA) is 65.5 Å². The first-order chi connectivity index (χ1) is 12.2. The predicted octanol–water partition coefficient (Wildman–Crippen LogP) is 4.23. The van der Waals surface area contributed by atoms with Crippen LogP contribution in [0.1, 0.15) is 31.2 Å². The van der Waals surface area contributed by atoms with E-state index in [2.05, 4.69) is 10.3 Å². The van der Waals surface area contributed by atoms with Crippen LogP contribution in [-0.2, 0) is 6.54 Å². The molecule has 1 heterocycles. The molecule has 5 nitrogen and oxygen atoms in total. The van der Waals surface area contributed by atoms with Crippen LogP contribution in [0.15, 0.2) is 54.7 Å². The fourth-order valence-corrected chi connectivity index (χ4v) is 3.47. The van der Waals surface area contributed by atoms with Crippen molar-refractivity contribution in [1.29, 1.82) is 0 Å². The van der Waals surface area contributed by atoms with Gasteiger partial charge in [-0.25, -0.2) is 9.78 Å². The average molecular weight is 339 g/mol. The number of rotatable bonds is 6. The van der Waals surface area contributed by atoms with Crippen molar-refractivity contribution in [3.8, 4) is 0 Å². The fourth-order valence-electron chi connectivity index (χ4n) is 3.47. The standard InChI is InChI=1S/C20H25N3O2/c24-20(25)23(14-16-6-2-1-3-7-16)15-17-9-11-18(12-10-17)22-19-8-4-5-13-21-19/h1-8,13,17-18H,9-12,14-15H2,(H,21,22)(H,24,25)/t17-,18-. The molecule has 0 atom stereocenters. The van der Waals surface area contributed by atoms with E-state index in [9.17, 15) is 9.90 Å². The highest BCUT2D eigenvalue weighted by Gasteiger charge is 2.25. The van der Waals surface area contributed by atoms with E-state index in [0.29, 0.717) is 25.0 Å². The summed E-state index contributed by atoms with van der Waals surface area (Å²) in [6.45, 7) is 1.07. The largest absolute Gasteiger partial charge is 0.465 e. The summed E-state index contributed by atoms with van der Waals surface area (Å²) in [5.74, 6) is 1.35. The Morgan fingerprint density at radius 2 is 1.80 bits per heavy atom. The SMILES string of the molecule is O=C(O)N(Cc1ccccc1)C[C@H]1CC[C@H](Nc2ccccn2)CC1. The van der Waals surface area contributed by atoms with Crippen molar-refractivity contribution in [1.82, 2.24) is 9.88 Å². The average Bonchev–Trinajstić information content (AvgIpc) is 2.64. The van der Waals surface area contributed by atoms with Gasteiger partial charge < -0.3 is 15.3 Å². The van der Waals surface area contributed by atoms with Gasteiger partial charge in [-0.15, -0.1) is 0 Å². The summed E-state index contributed by atoms with van der Waals surface area (Å²) in [5.41, 5.74) is 1.04. The van der Waals surface area contributed by atoms with E-state index in [1.807, 2.05) is 48.5 Å². The van der Waals surface area contributed by atoms with E-state index < -0.39 is 6.09 Å². The van der Waals surface area contributed by atoms with Crippen molar-refractivity contribution in [2.24, 2.45) is 5.92 Å². The molecule has 2 aromatic rings. The van der Waals surface area contributed by atoms with Crippen LogP contribution in [-0.4, -0.2) is 33.7 Å². The highest BCUT2D eigenvalue weighted by Crippen LogP contribution is 2.27. The number of amides is 1. The van der Waals surface area contributed by atoms with Gasteiger partial charge in [0.15, 0.2) is 0 Å². The number of carboxylic acid groups (broad SMARTS) is 1. The number of nitrogens with one attached hydrogen (secondary N) is 1. The minimum absolute atomic E-state index is 0.429. The van der Waals surface area contributed by atoms with E-state index in [1.165, 1.54) is 0 Å². The van der Waals surface area contributed by atoms with E-state index in [1.54, 1.807) is 11.1 Å². The number of carbonyl (C=O) groups is 1. The zero-order valence-electron chi connectivity index (χ0n) is 14.3. The van der Waals surface area contributed by atoms with Crippen molar-refractivity contribution in [3.05, 3.63) is 60.3 Å². The molecule has 1 aliphatic rings. The van der Waals surface area contributed by atoms with Gasteiger partial charge in [-0.05, 0) is 49.3 Å². The summed E-state index contributed by atoms with van der Waals surface area (Å²) < 4.78 is 0. The first kappa shape index (κ1) is 17.3.